The predicted molar refractivity (Wildman–Crippen MR) is 183 cm³/mol. The number of anilines is 1. The Balaban J connectivity index is 1.07. The van der Waals surface area contributed by atoms with Gasteiger partial charge in [-0.25, -0.2) is 9.59 Å². The number of likely N-dealkylation sites (N-methyl/N-ethyl adjacent to an activating group) is 1. The van der Waals surface area contributed by atoms with Gasteiger partial charge in [0.15, 0.2) is 6.10 Å². The molecule has 11 nitrogen and oxygen atoms in total. The molecule has 0 aromatic heterocycles. The van der Waals surface area contributed by atoms with Crippen molar-refractivity contribution < 1.29 is 19.1 Å². The fraction of sp³-hybridized carbons (Fsp3) is 0.639. The first-order valence-corrected chi connectivity index (χ1v) is 17.6. The molecule has 4 aliphatic heterocycles. The number of amides is 4. The van der Waals surface area contributed by atoms with Crippen molar-refractivity contribution in [3.63, 3.8) is 0 Å². The third-order valence-electron chi connectivity index (χ3n) is 11.1. The molecule has 1 aromatic carbocycles. The first-order chi connectivity index (χ1) is 22.7. The van der Waals surface area contributed by atoms with E-state index in [2.05, 4.69) is 34.3 Å². The SMILES string of the molecule is CC1=CC(C[C@@H](OC(=O)N2CCC(N3CCc4ccccc4NC3=O)CC2)C(=O)N2CCC(N3CCN(C)CC3)CC2)CC(C)=C1N. The number of piperidine rings is 2. The number of likely N-dealkylation sites (tertiary alicyclic amines) is 2. The van der Waals surface area contributed by atoms with Gasteiger partial charge in [0.05, 0.1) is 0 Å². The Labute approximate surface area is 279 Å². The molecule has 0 bridgehead atoms. The molecule has 1 aromatic rings. The number of ether oxygens (including phenoxy) is 1. The fourth-order valence-corrected chi connectivity index (χ4v) is 8.10. The van der Waals surface area contributed by atoms with Gasteiger partial charge in [0.2, 0.25) is 0 Å². The number of hydrogen-bond acceptors (Lipinski definition) is 7. The van der Waals surface area contributed by atoms with Crippen molar-refractivity contribution in [2.75, 3.05) is 71.3 Å². The van der Waals surface area contributed by atoms with Crippen molar-refractivity contribution in [2.45, 2.75) is 77.0 Å². The van der Waals surface area contributed by atoms with Gasteiger partial charge in [0.1, 0.15) is 0 Å². The zero-order valence-corrected chi connectivity index (χ0v) is 28.5. The number of piperazine rings is 1. The second kappa shape index (κ2) is 14.7. The molecular weight excluding hydrogens is 594 g/mol. The first kappa shape index (κ1) is 33.3. The maximum Gasteiger partial charge on any atom is 0.410 e. The molecule has 256 valence electrons. The van der Waals surface area contributed by atoms with Gasteiger partial charge in [0, 0.05) is 88.8 Å². The summed E-state index contributed by atoms with van der Waals surface area (Å²) in [6.45, 7) is 11.3. The van der Waals surface area contributed by atoms with Crippen LogP contribution in [-0.4, -0.2) is 127 Å². The number of nitrogens with one attached hydrogen (secondary N) is 1. The van der Waals surface area contributed by atoms with E-state index in [1.807, 2.05) is 41.8 Å². The molecule has 11 heteroatoms. The highest BCUT2D eigenvalue weighted by molar-refractivity contribution is 5.91. The molecule has 0 spiro atoms. The summed E-state index contributed by atoms with van der Waals surface area (Å²) in [5.41, 5.74) is 11.2. The van der Waals surface area contributed by atoms with Crippen LogP contribution in [0.25, 0.3) is 0 Å². The number of rotatable bonds is 6. The largest absolute Gasteiger partial charge is 0.436 e. The molecular formula is C36H53N7O4. The highest BCUT2D eigenvalue weighted by Gasteiger charge is 2.37. The molecule has 47 heavy (non-hydrogen) atoms. The van der Waals surface area contributed by atoms with E-state index in [9.17, 15) is 14.4 Å². The zero-order chi connectivity index (χ0) is 33.1. The van der Waals surface area contributed by atoms with Crippen LogP contribution in [0, 0.1) is 5.92 Å². The molecule has 0 radical (unpaired) electrons. The van der Waals surface area contributed by atoms with Crippen molar-refractivity contribution in [1.29, 1.82) is 0 Å². The summed E-state index contributed by atoms with van der Waals surface area (Å²) in [6.07, 6.45) is 6.06. The van der Waals surface area contributed by atoms with Crippen LogP contribution in [-0.2, 0) is 16.0 Å². The van der Waals surface area contributed by atoms with Crippen LogP contribution in [0.5, 0.6) is 0 Å². The van der Waals surface area contributed by atoms with Gasteiger partial charge in [-0.05, 0) is 88.1 Å². The number of allylic oxidation sites excluding steroid dienone is 3. The van der Waals surface area contributed by atoms with E-state index in [1.54, 1.807) is 4.90 Å². The van der Waals surface area contributed by atoms with Crippen molar-refractivity contribution >= 4 is 23.7 Å². The van der Waals surface area contributed by atoms with E-state index >= 15 is 0 Å². The molecule has 1 unspecified atom stereocenters. The Morgan fingerprint density at radius 3 is 2.28 bits per heavy atom. The summed E-state index contributed by atoms with van der Waals surface area (Å²) in [5.74, 6) is -0.0135. The lowest BCUT2D eigenvalue weighted by molar-refractivity contribution is -0.143. The van der Waals surface area contributed by atoms with Crippen LogP contribution in [0.3, 0.4) is 0 Å². The number of fused-ring (bicyclic) bond motifs is 1. The van der Waals surface area contributed by atoms with Crippen LogP contribution in [0.15, 0.2) is 47.2 Å². The van der Waals surface area contributed by atoms with Gasteiger partial charge >= 0.3 is 12.1 Å². The van der Waals surface area contributed by atoms with Crippen molar-refractivity contribution in [3.8, 4) is 0 Å². The third-order valence-corrected chi connectivity index (χ3v) is 11.1. The standard InChI is InChI=1S/C36H53N7O4/c1-25-22-27(23-26(2)33(25)37)24-32(34(44)41-13-9-29(10-14-41)40-20-18-39(3)19-21-40)47-36(46)42-15-11-30(12-16-42)43-17-8-28-6-4-5-7-31(28)38-35(43)45/h4-7,22,27,29-30,32H,8-21,23-24,37H2,1-3H3,(H,38,45)/t27?,32-/m1/s1. The minimum absolute atomic E-state index is 0.0444. The maximum atomic E-state index is 14.1. The number of urea groups is 1. The smallest absolute Gasteiger partial charge is 0.410 e. The molecule has 1 aliphatic carbocycles. The summed E-state index contributed by atoms with van der Waals surface area (Å²) < 4.78 is 6.13. The van der Waals surface area contributed by atoms with Crippen LogP contribution in [0.1, 0.15) is 57.9 Å². The minimum Gasteiger partial charge on any atom is -0.436 e. The lowest BCUT2D eigenvalue weighted by atomic mass is 9.85. The maximum absolute atomic E-state index is 14.1. The number of nitrogens with two attached hydrogens (primary N) is 1. The number of carbonyl (C=O) groups excluding carboxylic acids is 3. The Kier molecular flexibility index (Phi) is 10.4. The Bertz CT molecular complexity index is 1370. The van der Waals surface area contributed by atoms with Crippen LogP contribution >= 0.6 is 0 Å². The van der Waals surface area contributed by atoms with Gasteiger partial charge in [-0.1, -0.05) is 24.3 Å². The second-order valence-corrected chi connectivity index (χ2v) is 14.3. The number of nitrogens with zero attached hydrogens (tertiary/aromatic N) is 5. The summed E-state index contributed by atoms with van der Waals surface area (Å²) in [5, 5.41) is 3.06. The van der Waals surface area contributed by atoms with Crippen LogP contribution in [0.4, 0.5) is 15.3 Å². The molecule has 2 atom stereocenters. The first-order valence-electron chi connectivity index (χ1n) is 17.6. The fourth-order valence-electron chi connectivity index (χ4n) is 8.10. The van der Waals surface area contributed by atoms with Gasteiger partial charge in [-0.3, -0.25) is 9.69 Å². The van der Waals surface area contributed by atoms with Gasteiger partial charge in [-0.2, -0.15) is 0 Å². The molecule has 6 rings (SSSR count). The average Bonchev–Trinajstić information content (AvgIpc) is 3.25. The molecule has 3 N–H and O–H groups in total. The molecule has 5 aliphatic rings. The highest BCUT2D eigenvalue weighted by Crippen LogP contribution is 2.31. The third kappa shape index (κ3) is 7.78. The van der Waals surface area contributed by atoms with E-state index in [0.717, 1.165) is 80.0 Å². The number of benzene rings is 1. The molecule has 0 saturated carbocycles. The predicted octanol–water partition coefficient (Wildman–Crippen LogP) is 3.87. The summed E-state index contributed by atoms with van der Waals surface area (Å²) in [7, 11) is 2.17. The number of para-hydroxylation sites is 1. The average molecular weight is 648 g/mol. The number of carbonyl (C=O) groups is 3. The van der Waals surface area contributed by atoms with Crippen molar-refractivity contribution in [1.82, 2.24) is 24.5 Å². The summed E-state index contributed by atoms with van der Waals surface area (Å²) >= 11 is 0. The lowest BCUT2D eigenvalue weighted by Gasteiger charge is -2.42. The Morgan fingerprint density at radius 2 is 1.57 bits per heavy atom. The van der Waals surface area contributed by atoms with Crippen molar-refractivity contribution in [2.24, 2.45) is 11.7 Å². The topological polar surface area (TPSA) is 115 Å². The minimum atomic E-state index is -0.850. The normalized spacial score (nSPS) is 24.7. The van der Waals surface area contributed by atoms with Crippen LogP contribution in [0.2, 0.25) is 0 Å². The van der Waals surface area contributed by atoms with Crippen molar-refractivity contribution in [3.05, 3.63) is 52.7 Å². The molecule has 3 saturated heterocycles. The Hall–Kier alpha value is -3.57. The summed E-state index contributed by atoms with van der Waals surface area (Å²) in [6, 6.07) is 8.39. The summed E-state index contributed by atoms with van der Waals surface area (Å²) in [4.78, 5) is 51.3. The Morgan fingerprint density at radius 1 is 0.915 bits per heavy atom. The second-order valence-electron chi connectivity index (χ2n) is 14.3. The van der Waals surface area contributed by atoms with E-state index in [1.165, 1.54) is 0 Å². The van der Waals surface area contributed by atoms with E-state index in [4.69, 9.17) is 10.5 Å². The molecule has 3 fully saturated rings. The van der Waals surface area contributed by atoms with E-state index in [-0.39, 0.29) is 23.9 Å². The van der Waals surface area contributed by atoms with Gasteiger partial charge in [-0.15, -0.1) is 0 Å². The van der Waals surface area contributed by atoms with Gasteiger partial charge in [0.25, 0.3) is 5.91 Å². The lowest BCUT2D eigenvalue weighted by Crippen LogP contribution is -2.54. The molecule has 4 amide bonds. The number of hydrogen-bond donors (Lipinski definition) is 2. The monoisotopic (exact) mass is 647 g/mol. The zero-order valence-electron chi connectivity index (χ0n) is 28.5. The highest BCUT2D eigenvalue weighted by atomic mass is 16.6. The molecule has 4 heterocycles. The quantitative estimate of drug-likeness (QED) is 0.482. The van der Waals surface area contributed by atoms with E-state index < -0.39 is 12.2 Å². The van der Waals surface area contributed by atoms with Crippen LogP contribution < -0.4 is 11.1 Å². The van der Waals surface area contributed by atoms with Gasteiger partial charge < -0.3 is 35.4 Å². The van der Waals surface area contributed by atoms with E-state index in [0.29, 0.717) is 58.0 Å².